The van der Waals surface area contributed by atoms with E-state index in [0.29, 0.717) is 5.56 Å². The predicted molar refractivity (Wildman–Crippen MR) is 92.0 cm³/mol. The van der Waals surface area contributed by atoms with E-state index in [0.717, 1.165) is 4.47 Å². The molecule has 0 amide bonds. The first kappa shape index (κ1) is 17.6. The molecule has 0 spiro atoms. The third kappa shape index (κ3) is 3.96. The average molecular weight is 393 g/mol. The second-order valence-electron chi connectivity index (χ2n) is 4.57. The van der Waals surface area contributed by atoms with E-state index in [2.05, 4.69) is 20.9 Å². The number of methoxy groups -OCH3 is 2. The molecule has 0 unspecified atom stereocenters. The average Bonchev–Trinajstić information content (AvgIpc) is 2.59. The number of halogens is 1. The molecule has 2 aromatic rings. The third-order valence-electron chi connectivity index (χ3n) is 3.10. The summed E-state index contributed by atoms with van der Waals surface area (Å²) in [7, 11) is 2.62. The van der Waals surface area contributed by atoms with Crippen LogP contribution in [0.2, 0.25) is 0 Å². The molecule has 0 saturated heterocycles. The third-order valence-corrected chi connectivity index (χ3v) is 3.63. The normalized spacial score (nSPS) is 11.0. The maximum Gasteiger partial charge on any atom is 0.357 e. The standard InChI is InChI=1S/C16H13BrN2O5/c1-23-14-9-12(19(21)22)7-8-13(14)18-15(16(20)24-2)10-3-5-11(17)6-4-10/h3-9H,1-2H3. The summed E-state index contributed by atoms with van der Waals surface area (Å²) in [6, 6.07) is 10.9. The number of nitro benzene ring substituents is 1. The molecule has 0 N–H and O–H groups in total. The minimum atomic E-state index is -0.627. The number of hydrogen-bond acceptors (Lipinski definition) is 6. The lowest BCUT2D eigenvalue weighted by Gasteiger charge is -2.08. The summed E-state index contributed by atoms with van der Waals surface area (Å²) in [4.78, 5) is 26.7. The van der Waals surface area contributed by atoms with Gasteiger partial charge in [0.2, 0.25) is 0 Å². The van der Waals surface area contributed by atoms with Gasteiger partial charge >= 0.3 is 5.97 Å². The fraction of sp³-hybridized carbons (Fsp3) is 0.125. The van der Waals surface area contributed by atoms with Gasteiger partial charge in [-0.05, 0) is 18.2 Å². The van der Waals surface area contributed by atoms with Crippen LogP contribution in [0.5, 0.6) is 5.75 Å². The first-order valence-electron chi connectivity index (χ1n) is 6.71. The maximum atomic E-state index is 12.1. The Morgan fingerprint density at radius 1 is 1.17 bits per heavy atom. The molecule has 2 aromatic carbocycles. The largest absolute Gasteiger partial charge is 0.494 e. The number of aliphatic imine (C=N–C) groups is 1. The van der Waals surface area contributed by atoms with Crippen molar-refractivity contribution >= 4 is 39.0 Å². The Bertz CT molecular complexity index is 803. The Morgan fingerprint density at radius 3 is 2.38 bits per heavy atom. The summed E-state index contributed by atoms with van der Waals surface area (Å²) in [5, 5.41) is 10.8. The molecular weight excluding hydrogens is 380 g/mol. The zero-order valence-corrected chi connectivity index (χ0v) is 14.4. The fourth-order valence-electron chi connectivity index (χ4n) is 1.93. The topological polar surface area (TPSA) is 91.0 Å². The molecule has 124 valence electrons. The Kier molecular flexibility index (Phi) is 5.64. The number of esters is 1. The van der Waals surface area contributed by atoms with E-state index >= 15 is 0 Å². The zero-order chi connectivity index (χ0) is 17.7. The fourth-order valence-corrected chi connectivity index (χ4v) is 2.19. The monoisotopic (exact) mass is 392 g/mol. The summed E-state index contributed by atoms with van der Waals surface area (Å²) >= 11 is 3.32. The van der Waals surface area contributed by atoms with E-state index in [1.807, 2.05) is 0 Å². The molecule has 8 heteroatoms. The molecule has 0 saturated carbocycles. The first-order chi connectivity index (χ1) is 11.5. The van der Waals surface area contributed by atoms with E-state index in [1.165, 1.54) is 32.4 Å². The van der Waals surface area contributed by atoms with Crippen LogP contribution in [0.25, 0.3) is 0 Å². The molecule has 0 heterocycles. The highest BCUT2D eigenvalue weighted by Gasteiger charge is 2.17. The lowest BCUT2D eigenvalue weighted by molar-refractivity contribution is -0.384. The first-order valence-corrected chi connectivity index (χ1v) is 7.51. The van der Waals surface area contributed by atoms with Crippen LogP contribution in [0.4, 0.5) is 11.4 Å². The van der Waals surface area contributed by atoms with E-state index < -0.39 is 10.9 Å². The molecule has 0 aliphatic carbocycles. The molecule has 0 radical (unpaired) electrons. The van der Waals surface area contributed by atoms with E-state index in [-0.39, 0.29) is 22.8 Å². The van der Waals surface area contributed by atoms with Gasteiger partial charge in [0.25, 0.3) is 5.69 Å². The van der Waals surface area contributed by atoms with Gasteiger partial charge in [0.05, 0.1) is 25.2 Å². The van der Waals surface area contributed by atoms with Gasteiger partial charge in [0.1, 0.15) is 5.69 Å². The molecule has 0 atom stereocenters. The van der Waals surface area contributed by atoms with Crippen molar-refractivity contribution in [2.75, 3.05) is 14.2 Å². The van der Waals surface area contributed by atoms with Crippen molar-refractivity contribution in [3.63, 3.8) is 0 Å². The number of non-ortho nitro benzene ring substituents is 1. The quantitative estimate of drug-likeness (QED) is 0.335. The highest BCUT2D eigenvalue weighted by Crippen LogP contribution is 2.32. The maximum absolute atomic E-state index is 12.1. The number of carbonyl (C=O) groups is 1. The Morgan fingerprint density at radius 2 is 1.83 bits per heavy atom. The van der Waals surface area contributed by atoms with Gasteiger partial charge in [-0.3, -0.25) is 10.1 Å². The number of carbonyl (C=O) groups excluding carboxylic acids is 1. The SMILES string of the molecule is COC(=O)C(=Nc1ccc([N+](=O)[O-])cc1OC)c1ccc(Br)cc1. The van der Waals surface area contributed by atoms with Crippen LogP contribution >= 0.6 is 15.9 Å². The van der Waals surface area contributed by atoms with E-state index in [4.69, 9.17) is 9.47 Å². The molecule has 0 bridgehead atoms. The summed E-state index contributed by atoms with van der Waals surface area (Å²) in [5.74, 6) is -0.444. The van der Waals surface area contributed by atoms with E-state index in [1.54, 1.807) is 24.3 Å². The van der Waals surface area contributed by atoms with Gasteiger partial charge in [-0.25, -0.2) is 9.79 Å². The van der Waals surface area contributed by atoms with Gasteiger partial charge in [-0.15, -0.1) is 0 Å². The molecule has 24 heavy (non-hydrogen) atoms. The Balaban J connectivity index is 2.56. The highest BCUT2D eigenvalue weighted by molar-refractivity contribution is 9.10. The van der Waals surface area contributed by atoms with Crippen LogP contribution in [0.15, 0.2) is 51.9 Å². The summed E-state index contributed by atoms with van der Waals surface area (Å²) in [6.07, 6.45) is 0. The van der Waals surface area contributed by atoms with E-state index in [9.17, 15) is 14.9 Å². The van der Waals surface area contributed by atoms with Gasteiger partial charge < -0.3 is 9.47 Å². The summed E-state index contributed by atoms with van der Waals surface area (Å²) < 4.78 is 10.8. The van der Waals surface area contributed by atoms with Crippen molar-refractivity contribution in [1.82, 2.24) is 0 Å². The zero-order valence-electron chi connectivity index (χ0n) is 12.9. The van der Waals surface area contributed by atoms with Crippen molar-refractivity contribution in [3.8, 4) is 5.75 Å². The molecule has 0 aliphatic heterocycles. The highest BCUT2D eigenvalue weighted by atomic mass is 79.9. The second-order valence-corrected chi connectivity index (χ2v) is 5.49. The van der Waals surface area contributed by atoms with Crippen LogP contribution in [-0.2, 0) is 9.53 Å². The molecule has 0 aromatic heterocycles. The smallest absolute Gasteiger partial charge is 0.357 e. The van der Waals surface area contributed by atoms with Crippen LogP contribution in [0.1, 0.15) is 5.56 Å². The predicted octanol–water partition coefficient (Wildman–Crippen LogP) is 3.66. The molecule has 2 rings (SSSR count). The number of nitrogens with zero attached hydrogens (tertiary/aromatic N) is 2. The van der Waals surface area contributed by atoms with Crippen LogP contribution in [-0.4, -0.2) is 30.8 Å². The second kappa shape index (κ2) is 7.69. The summed E-state index contributed by atoms with van der Waals surface area (Å²) in [6.45, 7) is 0. The lowest BCUT2D eigenvalue weighted by Crippen LogP contribution is -2.17. The van der Waals surface area contributed by atoms with Crippen LogP contribution < -0.4 is 4.74 Å². The van der Waals surface area contributed by atoms with Crippen molar-refractivity contribution in [1.29, 1.82) is 0 Å². The number of nitro groups is 1. The van der Waals surface area contributed by atoms with Gasteiger partial charge in [0.15, 0.2) is 11.5 Å². The van der Waals surface area contributed by atoms with Crippen molar-refractivity contribution in [2.24, 2.45) is 4.99 Å². The molecule has 0 aliphatic rings. The number of hydrogen-bond donors (Lipinski definition) is 0. The Hall–Kier alpha value is -2.74. The van der Waals surface area contributed by atoms with Crippen molar-refractivity contribution < 1.29 is 19.2 Å². The van der Waals surface area contributed by atoms with Crippen LogP contribution in [0, 0.1) is 10.1 Å². The molecule has 0 fully saturated rings. The number of benzene rings is 2. The van der Waals surface area contributed by atoms with Crippen molar-refractivity contribution in [2.45, 2.75) is 0 Å². The molecular formula is C16H13BrN2O5. The van der Waals surface area contributed by atoms with Gasteiger partial charge in [-0.2, -0.15) is 0 Å². The van der Waals surface area contributed by atoms with Crippen LogP contribution in [0.3, 0.4) is 0 Å². The number of rotatable bonds is 5. The summed E-state index contributed by atoms with van der Waals surface area (Å²) in [5.41, 5.74) is 0.767. The minimum Gasteiger partial charge on any atom is -0.494 e. The minimum absolute atomic E-state index is 0.0668. The van der Waals surface area contributed by atoms with Crippen molar-refractivity contribution in [3.05, 3.63) is 62.6 Å². The lowest BCUT2D eigenvalue weighted by atomic mass is 10.1. The number of ether oxygens (including phenoxy) is 2. The van der Waals surface area contributed by atoms with Gasteiger partial charge in [0, 0.05) is 16.1 Å². The molecule has 7 nitrogen and oxygen atoms in total. The van der Waals surface area contributed by atoms with Gasteiger partial charge in [-0.1, -0.05) is 28.1 Å². The Labute approximate surface area is 146 Å².